The number of hydrogen-bond donors (Lipinski definition) is 1. The fourth-order valence-corrected chi connectivity index (χ4v) is 2.51. The van der Waals surface area contributed by atoms with Crippen LogP contribution < -0.4 is 5.73 Å². The highest BCUT2D eigenvalue weighted by atomic mass is 35.5. The third kappa shape index (κ3) is 2.32. The largest absolute Gasteiger partial charge is 0.399 e. The predicted octanol–water partition coefficient (Wildman–Crippen LogP) is 4.23. The number of nitrogens with two attached hydrogens (primary N) is 1. The average molecular weight is 271 g/mol. The third-order valence-corrected chi connectivity index (χ3v) is 3.71. The normalized spacial score (nSPS) is 11.1. The zero-order chi connectivity index (χ0) is 13.4. The molecule has 3 aromatic rings. The first kappa shape index (κ1) is 12.1. The molecule has 0 radical (unpaired) electrons. The molecule has 0 aliphatic carbocycles. The molecule has 0 saturated carbocycles. The topological polar surface area (TPSA) is 30.9 Å². The van der Waals surface area contributed by atoms with Gasteiger partial charge in [0, 0.05) is 29.0 Å². The summed E-state index contributed by atoms with van der Waals surface area (Å²) in [7, 11) is 0. The van der Waals surface area contributed by atoms with Crippen molar-refractivity contribution in [2.24, 2.45) is 0 Å². The van der Waals surface area contributed by atoms with E-state index in [1.54, 1.807) is 0 Å². The first-order valence-electron chi connectivity index (χ1n) is 6.23. The van der Waals surface area contributed by atoms with Gasteiger partial charge < -0.3 is 10.3 Å². The van der Waals surface area contributed by atoms with Crippen molar-refractivity contribution in [3.05, 3.63) is 64.8 Å². The Morgan fingerprint density at radius 1 is 1.11 bits per heavy atom. The van der Waals surface area contributed by atoms with Gasteiger partial charge in [-0.3, -0.25) is 0 Å². The molecule has 96 valence electrons. The Kier molecular flexibility index (Phi) is 2.96. The van der Waals surface area contributed by atoms with Gasteiger partial charge in [0.15, 0.2) is 0 Å². The van der Waals surface area contributed by atoms with E-state index in [0.29, 0.717) is 0 Å². The summed E-state index contributed by atoms with van der Waals surface area (Å²) in [6.07, 6.45) is 2.09. The van der Waals surface area contributed by atoms with Crippen LogP contribution in [-0.4, -0.2) is 4.57 Å². The van der Waals surface area contributed by atoms with Crippen LogP contribution in [0.2, 0.25) is 5.02 Å². The fourth-order valence-electron chi connectivity index (χ4n) is 2.33. The molecule has 3 rings (SSSR count). The summed E-state index contributed by atoms with van der Waals surface area (Å²) in [6, 6.07) is 14.2. The molecule has 0 aliphatic heterocycles. The van der Waals surface area contributed by atoms with E-state index in [-0.39, 0.29) is 0 Å². The number of halogens is 1. The van der Waals surface area contributed by atoms with Crippen molar-refractivity contribution in [3.63, 3.8) is 0 Å². The van der Waals surface area contributed by atoms with Gasteiger partial charge in [-0.2, -0.15) is 0 Å². The van der Waals surface area contributed by atoms with Gasteiger partial charge >= 0.3 is 0 Å². The summed E-state index contributed by atoms with van der Waals surface area (Å²) < 4.78 is 2.20. The number of aromatic nitrogens is 1. The van der Waals surface area contributed by atoms with Gasteiger partial charge in [-0.05, 0) is 53.8 Å². The van der Waals surface area contributed by atoms with Crippen molar-refractivity contribution in [2.75, 3.05) is 5.73 Å². The quantitative estimate of drug-likeness (QED) is 0.694. The highest BCUT2D eigenvalue weighted by Gasteiger charge is 2.05. The summed E-state index contributed by atoms with van der Waals surface area (Å²) in [4.78, 5) is 0. The van der Waals surface area contributed by atoms with Crippen LogP contribution in [0.3, 0.4) is 0 Å². The van der Waals surface area contributed by atoms with E-state index in [0.717, 1.165) is 22.8 Å². The van der Waals surface area contributed by atoms with Crippen LogP contribution in [0.4, 0.5) is 5.69 Å². The molecular weight excluding hydrogens is 256 g/mol. The fraction of sp³-hybridized carbons (Fsp3) is 0.125. The maximum atomic E-state index is 6.23. The molecule has 2 aromatic carbocycles. The van der Waals surface area contributed by atoms with Gasteiger partial charge in [0.05, 0.1) is 0 Å². The molecule has 0 fully saturated rings. The lowest BCUT2D eigenvalue weighted by Gasteiger charge is -2.09. The van der Waals surface area contributed by atoms with Crippen molar-refractivity contribution in [1.29, 1.82) is 0 Å². The van der Waals surface area contributed by atoms with Crippen LogP contribution >= 0.6 is 11.6 Å². The van der Waals surface area contributed by atoms with Crippen LogP contribution in [0.15, 0.2) is 48.7 Å². The standard InChI is InChI=1S/C16H15ClN2/c1-11-2-3-12-6-7-19(16(12)8-11)10-13-9-14(18)4-5-15(13)17/h2-9H,10,18H2,1H3. The van der Waals surface area contributed by atoms with Crippen LogP contribution in [0.5, 0.6) is 0 Å². The Labute approximate surface area is 117 Å². The number of anilines is 1. The smallest absolute Gasteiger partial charge is 0.0491 e. The molecule has 0 saturated heterocycles. The highest BCUT2D eigenvalue weighted by Crippen LogP contribution is 2.23. The van der Waals surface area contributed by atoms with Gasteiger partial charge in [0.25, 0.3) is 0 Å². The maximum Gasteiger partial charge on any atom is 0.0491 e. The molecule has 0 spiro atoms. The van der Waals surface area contributed by atoms with E-state index in [2.05, 4.69) is 42.0 Å². The molecule has 0 bridgehead atoms. The first-order valence-corrected chi connectivity index (χ1v) is 6.61. The number of nitrogen functional groups attached to an aromatic ring is 1. The van der Waals surface area contributed by atoms with Gasteiger partial charge in [-0.15, -0.1) is 0 Å². The molecule has 2 N–H and O–H groups in total. The Hall–Kier alpha value is -1.93. The Balaban J connectivity index is 2.05. The molecule has 3 heteroatoms. The number of hydrogen-bond acceptors (Lipinski definition) is 1. The van der Waals surface area contributed by atoms with Gasteiger partial charge in [-0.25, -0.2) is 0 Å². The summed E-state index contributed by atoms with van der Waals surface area (Å²) >= 11 is 6.23. The van der Waals surface area contributed by atoms with Gasteiger partial charge in [-0.1, -0.05) is 23.7 Å². The lowest BCUT2D eigenvalue weighted by Crippen LogP contribution is -2.00. The summed E-state index contributed by atoms with van der Waals surface area (Å²) in [5, 5.41) is 1.99. The van der Waals surface area contributed by atoms with Crippen LogP contribution in [0, 0.1) is 6.92 Å². The number of nitrogens with zero attached hydrogens (tertiary/aromatic N) is 1. The van der Waals surface area contributed by atoms with Crippen molar-refractivity contribution in [3.8, 4) is 0 Å². The van der Waals surface area contributed by atoms with E-state index in [9.17, 15) is 0 Å². The molecule has 1 heterocycles. The lowest BCUT2D eigenvalue weighted by atomic mass is 10.1. The molecule has 0 atom stereocenters. The van der Waals surface area contributed by atoms with E-state index in [1.807, 2.05) is 18.2 Å². The van der Waals surface area contributed by atoms with E-state index >= 15 is 0 Å². The molecule has 0 amide bonds. The highest BCUT2D eigenvalue weighted by molar-refractivity contribution is 6.31. The Morgan fingerprint density at radius 2 is 1.95 bits per heavy atom. The molecule has 19 heavy (non-hydrogen) atoms. The summed E-state index contributed by atoms with van der Waals surface area (Å²) in [6.45, 7) is 2.83. The SMILES string of the molecule is Cc1ccc2ccn(Cc3cc(N)ccc3Cl)c2c1. The number of aryl methyl sites for hydroxylation is 1. The van der Waals surface area contributed by atoms with E-state index < -0.39 is 0 Å². The monoisotopic (exact) mass is 270 g/mol. The minimum absolute atomic E-state index is 0.733. The number of rotatable bonds is 2. The molecule has 1 aromatic heterocycles. The van der Waals surface area contributed by atoms with Crippen molar-refractivity contribution in [1.82, 2.24) is 4.57 Å². The number of fused-ring (bicyclic) bond motifs is 1. The summed E-state index contributed by atoms with van der Waals surface area (Å²) in [5.74, 6) is 0. The van der Waals surface area contributed by atoms with Crippen molar-refractivity contribution >= 4 is 28.2 Å². The van der Waals surface area contributed by atoms with Crippen molar-refractivity contribution in [2.45, 2.75) is 13.5 Å². The van der Waals surface area contributed by atoms with Gasteiger partial charge in [0.2, 0.25) is 0 Å². The Morgan fingerprint density at radius 3 is 2.79 bits per heavy atom. The second-order valence-corrected chi connectivity index (χ2v) is 5.26. The van der Waals surface area contributed by atoms with E-state index in [4.69, 9.17) is 17.3 Å². The van der Waals surface area contributed by atoms with Crippen LogP contribution in [0.25, 0.3) is 10.9 Å². The van der Waals surface area contributed by atoms with E-state index in [1.165, 1.54) is 16.5 Å². The van der Waals surface area contributed by atoms with Crippen LogP contribution in [-0.2, 0) is 6.54 Å². The Bertz CT molecular complexity index is 744. The second kappa shape index (κ2) is 4.63. The van der Waals surface area contributed by atoms with Crippen LogP contribution in [0.1, 0.15) is 11.1 Å². The first-order chi connectivity index (χ1) is 9.13. The van der Waals surface area contributed by atoms with Crippen molar-refractivity contribution < 1.29 is 0 Å². The zero-order valence-corrected chi connectivity index (χ0v) is 11.5. The molecule has 0 unspecified atom stereocenters. The maximum absolute atomic E-state index is 6.23. The number of benzene rings is 2. The summed E-state index contributed by atoms with van der Waals surface area (Å²) in [5.41, 5.74) is 10.1. The molecule has 2 nitrogen and oxygen atoms in total. The average Bonchev–Trinajstić information content (AvgIpc) is 2.77. The molecule has 0 aliphatic rings. The molecular formula is C16H15ClN2. The lowest BCUT2D eigenvalue weighted by molar-refractivity contribution is 0.837. The third-order valence-electron chi connectivity index (χ3n) is 3.34. The second-order valence-electron chi connectivity index (χ2n) is 4.86. The zero-order valence-electron chi connectivity index (χ0n) is 10.7. The minimum Gasteiger partial charge on any atom is -0.399 e. The predicted molar refractivity (Wildman–Crippen MR) is 81.6 cm³/mol. The minimum atomic E-state index is 0.733. The van der Waals surface area contributed by atoms with Gasteiger partial charge in [0.1, 0.15) is 0 Å².